The maximum Gasteiger partial charge on any atom is 0.178 e. The molecule has 0 bridgehead atoms. The number of hydrogen-bond acceptors (Lipinski definition) is 2. The van der Waals surface area contributed by atoms with E-state index in [1.165, 1.54) is 0 Å². The standard InChI is InChI=1S/C15H13ClN2OS/c1-19-13-8-4-7-12-14(13)17-15(20)18(12)9-10-5-2-3-6-11(10)16/h2-8H,9H2,1H3,(H,17,20). The van der Waals surface area contributed by atoms with Gasteiger partial charge in [-0.15, -0.1) is 0 Å². The van der Waals surface area contributed by atoms with Crippen LogP contribution in [0.25, 0.3) is 11.0 Å². The van der Waals surface area contributed by atoms with Crippen LogP contribution in [-0.4, -0.2) is 16.7 Å². The Morgan fingerprint density at radius 2 is 2.00 bits per heavy atom. The number of halogens is 1. The fourth-order valence-corrected chi connectivity index (χ4v) is 2.74. The Bertz CT molecular complexity index is 822. The molecule has 1 aromatic heterocycles. The molecule has 2 aromatic carbocycles. The topological polar surface area (TPSA) is 29.9 Å². The number of hydrogen-bond donors (Lipinski definition) is 1. The van der Waals surface area contributed by atoms with E-state index in [-0.39, 0.29) is 0 Å². The van der Waals surface area contributed by atoms with E-state index in [4.69, 9.17) is 28.6 Å². The molecule has 0 atom stereocenters. The summed E-state index contributed by atoms with van der Waals surface area (Å²) >= 11 is 11.6. The summed E-state index contributed by atoms with van der Waals surface area (Å²) in [7, 11) is 1.65. The molecule has 0 aliphatic carbocycles. The van der Waals surface area contributed by atoms with E-state index >= 15 is 0 Å². The van der Waals surface area contributed by atoms with Gasteiger partial charge >= 0.3 is 0 Å². The summed E-state index contributed by atoms with van der Waals surface area (Å²) in [6.07, 6.45) is 0. The predicted octanol–water partition coefficient (Wildman–Crippen LogP) is 4.41. The Labute approximate surface area is 126 Å². The molecule has 0 unspecified atom stereocenters. The molecule has 3 rings (SSSR count). The van der Waals surface area contributed by atoms with Crippen LogP contribution >= 0.6 is 23.8 Å². The number of rotatable bonds is 3. The number of nitrogens with one attached hydrogen (secondary N) is 1. The van der Waals surface area contributed by atoms with Gasteiger partial charge in [-0.1, -0.05) is 35.9 Å². The zero-order valence-electron chi connectivity index (χ0n) is 10.9. The second-order valence-electron chi connectivity index (χ2n) is 4.46. The van der Waals surface area contributed by atoms with E-state index in [0.717, 1.165) is 27.4 Å². The maximum atomic E-state index is 6.22. The first-order chi connectivity index (χ1) is 9.70. The first-order valence-electron chi connectivity index (χ1n) is 6.19. The lowest BCUT2D eigenvalue weighted by molar-refractivity contribution is 0.419. The molecular formula is C15H13ClN2OS. The molecule has 0 aliphatic rings. The van der Waals surface area contributed by atoms with E-state index in [1.807, 2.05) is 47.0 Å². The smallest absolute Gasteiger partial charge is 0.178 e. The monoisotopic (exact) mass is 304 g/mol. The van der Waals surface area contributed by atoms with Crippen molar-refractivity contribution in [3.63, 3.8) is 0 Å². The van der Waals surface area contributed by atoms with Crippen molar-refractivity contribution in [2.75, 3.05) is 7.11 Å². The van der Waals surface area contributed by atoms with Crippen molar-refractivity contribution in [1.82, 2.24) is 9.55 Å². The number of fused-ring (bicyclic) bond motifs is 1. The van der Waals surface area contributed by atoms with Gasteiger partial charge in [0.05, 0.1) is 19.2 Å². The van der Waals surface area contributed by atoms with Crippen LogP contribution in [0, 0.1) is 4.77 Å². The van der Waals surface area contributed by atoms with Gasteiger partial charge in [0, 0.05) is 5.02 Å². The van der Waals surface area contributed by atoms with E-state index in [1.54, 1.807) is 7.11 Å². The molecule has 3 nitrogen and oxygen atoms in total. The van der Waals surface area contributed by atoms with Crippen molar-refractivity contribution in [3.8, 4) is 5.75 Å². The number of methoxy groups -OCH3 is 1. The van der Waals surface area contributed by atoms with Crippen molar-refractivity contribution < 1.29 is 4.74 Å². The summed E-state index contributed by atoms with van der Waals surface area (Å²) < 4.78 is 8.03. The third-order valence-electron chi connectivity index (χ3n) is 3.28. The van der Waals surface area contributed by atoms with Gasteiger partial charge in [-0.25, -0.2) is 0 Å². The number of aromatic amines is 1. The molecule has 20 heavy (non-hydrogen) atoms. The summed E-state index contributed by atoms with van der Waals surface area (Å²) in [6, 6.07) is 13.7. The fourth-order valence-electron chi connectivity index (χ4n) is 2.28. The summed E-state index contributed by atoms with van der Waals surface area (Å²) in [5, 5.41) is 0.742. The third-order valence-corrected chi connectivity index (χ3v) is 3.97. The SMILES string of the molecule is COc1cccc2c1[nH]c(=S)n2Cc1ccccc1Cl. The van der Waals surface area contributed by atoms with Crippen LogP contribution in [0.4, 0.5) is 0 Å². The maximum absolute atomic E-state index is 6.22. The lowest BCUT2D eigenvalue weighted by Crippen LogP contribution is -2.00. The third kappa shape index (κ3) is 2.21. The molecule has 0 radical (unpaired) electrons. The number of H-pyrrole nitrogens is 1. The first kappa shape index (κ1) is 13.2. The van der Waals surface area contributed by atoms with Crippen LogP contribution < -0.4 is 4.74 Å². The molecule has 5 heteroatoms. The Balaban J connectivity index is 2.15. The Morgan fingerprint density at radius 1 is 1.20 bits per heavy atom. The number of nitrogens with zero attached hydrogens (tertiary/aromatic N) is 1. The van der Waals surface area contributed by atoms with Crippen LogP contribution in [-0.2, 0) is 6.54 Å². The molecule has 0 fully saturated rings. The highest BCUT2D eigenvalue weighted by atomic mass is 35.5. The predicted molar refractivity (Wildman–Crippen MR) is 84.2 cm³/mol. The quantitative estimate of drug-likeness (QED) is 0.726. The number of para-hydroxylation sites is 1. The molecule has 1 heterocycles. The van der Waals surface area contributed by atoms with Crippen LogP contribution in [0.2, 0.25) is 5.02 Å². The second-order valence-corrected chi connectivity index (χ2v) is 5.26. The average molecular weight is 305 g/mol. The number of imidazole rings is 1. The molecule has 0 aliphatic heterocycles. The van der Waals surface area contributed by atoms with Crippen molar-refractivity contribution in [2.45, 2.75) is 6.54 Å². The van der Waals surface area contributed by atoms with Crippen molar-refractivity contribution in [1.29, 1.82) is 0 Å². The van der Waals surface area contributed by atoms with Crippen LogP contribution in [0.5, 0.6) is 5.75 Å². The zero-order chi connectivity index (χ0) is 14.1. The van der Waals surface area contributed by atoms with Crippen molar-refractivity contribution in [2.24, 2.45) is 0 Å². The van der Waals surface area contributed by atoms with Gasteiger partial charge in [-0.2, -0.15) is 0 Å². The number of benzene rings is 2. The molecule has 0 amide bonds. The lowest BCUT2D eigenvalue weighted by atomic mass is 10.2. The van der Waals surface area contributed by atoms with E-state index < -0.39 is 0 Å². The summed E-state index contributed by atoms with van der Waals surface area (Å²) in [4.78, 5) is 3.20. The fraction of sp³-hybridized carbons (Fsp3) is 0.133. The molecular weight excluding hydrogens is 292 g/mol. The van der Waals surface area contributed by atoms with E-state index in [2.05, 4.69) is 4.98 Å². The molecule has 0 spiro atoms. The van der Waals surface area contributed by atoms with Gasteiger partial charge in [0.25, 0.3) is 0 Å². The summed E-state index contributed by atoms with van der Waals surface area (Å²) in [5.74, 6) is 0.784. The Kier molecular flexibility index (Phi) is 3.51. The number of ether oxygens (including phenoxy) is 1. The lowest BCUT2D eigenvalue weighted by Gasteiger charge is -2.07. The minimum absolute atomic E-state index is 0.631. The first-order valence-corrected chi connectivity index (χ1v) is 6.98. The van der Waals surface area contributed by atoms with Crippen LogP contribution in [0.3, 0.4) is 0 Å². The minimum Gasteiger partial charge on any atom is -0.494 e. The van der Waals surface area contributed by atoms with E-state index in [0.29, 0.717) is 11.3 Å². The van der Waals surface area contributed by atoms with Crippen LogP contribution in [0.1, 0.15) is 5.56 Å². The van der Waals surface area contributed by atoms with Gasteiger partial charge in [0.1, 0.15) is 11.3 Å². The molecule has 0 saturated carbocycles. The minimum atomic E-state index is 0.631. The highest BCUT2D eigenvalue weighted by molar-refractivity contribution is 7.71. The number of aromatic nitrogens is 2. The van der Waals surface area contributed by atoms with Gasteiger partial charge in [-0.3, -0.25) is 0 Å². The Morgan fingerprint density at radius 3 is 2.75 bits per heavy atom. The molecule has 3 aromatic rings. The largest absolute Gasteiger partial charge is 0.494 e. The summed E-state index contributed by atoms with van der Waals surface area (Å²) in [6.45, 7) is 0.631. The molecule has 102 valence electrons. The highest BCUT2D eigenvalue weighted by Gasteiger charge is 2.10. The summed E-state index contributed by atoms with van der Waals surface area (Å²) in [5.41, 5.74) is 2.95. The van der Waals surface area contributed by atoms with Gasteiger partial charge in [0.2, 0.25) is 0 Å². The highest BCUT2D eigenvalue weighted by Crippen LogP contribution is 2.26. The van der Waals surface area contributed by atoms with Crippen molar-refractivity contribution >= 4 is 34.9 Å². The second kappa shape index (κ2) is 5.31. The van der Waals surface area contributed by atoms with Gasteiger partial charge in [-0.05, 0) is 36.0 Å². The normalized spacial score (nSPS) is 10.9. The molecule has 0 saturated heterocycles. The van der Waals surface area contributed by atoms with Gasteiger partial charge < -0.3 is 14.3 Å². The van der Waals surface area contributed by atoms with Gasteiger partial charge in [0.15, 0.2) is 4.77 Å². The van der Waals surface area contributed by atoms with Crippen molar-refractivity contribution in [3.05, 3.63) is 57.8 Å². The molecule has 1 N–H and O–H groups in total. The average Bonchev–Trinajstić information content (AvgIpc) is 2.77. The Hall–Kier alpha value is -1.78. The van der Waals surface area contributed by atoms with Crippen LogP contribution in [0.15, 0.2) is 42.5 Å². The van der Waals surface area contributed by atoms with E-state index in [9.17, 15) is 0 Å². The zero-order valence-corrected chi connectivity index (χ0v) is 12.5.